The third-order valence-electron chi connectivity index (χ3n) is 4.27. The van der Waals surface area contributed by atoms with Gasteiger partial charge in [-0.3, -0.25) is 4.79 Å². The molecular formula is C14H25NO3. The van der Waals surface area contributed by atoms with Gasteiger partial charge in [0.2, 0.25) is 5.91 Å². The maximum absolute atomic E-state index is 11.9. The lowest BCUT2D eigenvalue weighted by Gasteiger charge is -2.35. The second-order valence-electron chi connectivity index (χ2n) is 5.98. The highest BCUT2D eigenvalue weighted by Gasteiger charge is 2.33. The SMILES string of the molecule is CC1CCC(O)(CNC(=O)C2CCCCO2)CC1. The molecular weight excluding hydrogens is 230 g/mol. The monoisotopic (exact) mass is 255 g/mol. The van der Waals surface area contributed by atoms with E-state index in [9.17, 15) is 9.90 Å². The molecule has 104 valence electrons. The van der Waals surface area contributed by atoms with Gasteiger partial charge in [-0.05, 0) is 50.9 Å². The fourth-order valence-electron chi connectivity index (χ4n) is 2.79. The number of hydrogen-bond acceptors (Lipinski definition) is 3. The molecule has 2 aliphatic rings. The molecule has 0 radical (unpaired) electrons. The molecule has 1 atom stereocenters. The van der Waals surface area contributed by atoms with Crippen LogP contribution in [0.5, 0.6) is 0 Å². The summed E-state index contributed by atoms with van der Waals surface area (Å²) in [7, 11) is 0. The average molecular weight is 255 g/mol. The van der Waals surface area contributed by atoms with Gasteiger partial charge in [0, 0.05) is 13.2 Å². The van der Waals surface area contributed by atoms with Crippen molar-refractivity contribution in [3.05, 3.63) is 0 Å². The first-order chi connectivity index (χ1) is 8.59. The van der Waals surface area contributed by atoms with Crippen LogP contribution in [0.1, 0.15) is 51.9 Å². The van der Waals surface area contributed by atoms with Crippen molar-refractivity contribution in [3.63, 3.8) is 0 Å². The van der Waals surface area contributed by atoms with Crippen molar-refractivity contribution in [3.8, 4) is 0 Å². The number of carbonyl (C=O) groups is 1. The van der Waals surface area contributed by atoms with Crippen molar-refractivity contribution in [2.45, 2.75) is 63.6 Å². The largest absolute Gasteiger partial charge is 0.388 e. The predicted molar refractivity (Wildman–Crippen MR) is 69.2 cm³/mol. The smallest absolute Gasteiger partial charge is 0.249 e. The maximum Gasteiger partial charge on any atom is 0.249 e. The lowest BCUT2D eigenvalue weighted by molar-refractivity contribution is -0.137. The van der Waals surface area contributed by atoms with Gasteiger partial charge in [0.15, 0.2) is 0 Å². The summed E-state index contributed by atoms with van der Waals surface area (Å²) in [5, 5.41) is 13.2. The van der Waals surface area contributed by atoms with E-state index in [-0.39, 0.29) is 12.0 Å². The highest BCUT2D eigenvalue weighted by Crippen LogP contribution is 2.31. The van der Waals surface area contributed by atoms with Crippen molar-refractivity contribution in [1.29, 1.82) is 0 Å². The molecule has 0 aromatic heterocycles. The van der Waals surface area contributed by atoms with Crippen molar-refractivity contribution >= 4 is 5.91 Å². The van der Waals surface area contributed by atoms with Crippen molar-refractivity contribution in [2.24, 2.45) is 5.92 Å². The number of rotatable bonds is 3. The van der Waals surface area contributed by atoms with Crippen molar-refractivity contribution in [1.82, 2.24) is 5.32 Å². The number of hydrogen-bond donors (Lipinski definition) is 2. The Labute approximate surface area is 109 Å². The van der Waals surface area contributed by atoms with Crippen LogP contribution in [0, 0.1) is 5.92 Å². The molecule has 1 saturated heterocycles. The van der Waals surface area contributed by atoms with E-state index in [1.54, 1.807) is 0 Å². The Morgan fingerprint density at radius 3 is 2.67 bits per heavy atom. The molecule has 0 aromatic rings. The van der Waals surface area contributed by atoms with Crippen LogP contribution in [0.25, 0.3) is 0 Å². The standard InChI is InChI=1S/C14H25NO3/c1-11-5-7-14(17,8-6-11)10-15-13(16)12-4-2-3-9-18-12/h11-12,17H,2-10H2,1H3,(H,15,16). The first kappa shape index (κ1) is 13.8. The Bertz CT molecular complexity index is 279. The number of amides is 1. The van der Waals surface area contributed by atoms with E-state index < -0.39 is 5.60 Å². The van der Waals surface area contributed by atoms with E-state index in [2.05, 4.69) is 12.2 Å². The van der Waals surface area contributed by atoms with Crippen molar-refractivity contribution < 1.29 is 14.6 Å². The molecule has 2 fully saturated rings. The fourth-order valence-corrected chi connectivity index (χ4v) is 2.79. The second kappa shape index (κ2) is 6.02. The maximum atomic E-state index is 11.9. The van der Waals surface area contributed by atoms with Gasteiger partial charge in [0.1, 0.15) is 6.10 Å². The summed E-state index contributed by atoms with van der Waals surface area (Å²) in [6, 6.07) is 0. The van der Waals surface area contributed by atoms with E-state index in [0.717, 1.165) is 44.9 Å². The van der Waals surface area contributed by atoms with Crippen LogP contribution >= 0.6 is 0 Å². The minimum Gasteiger partial charge on any atom is -0.388 e. The van der Waals surface area contributed by atoms with Crippen LogP contribution in [0.2, 0.25) is 0 Å². The molecule has 0 aromatic carbocycles. The zero-order valence-electron chi connectivity index (χ0n) is 11.3. The normalized spacial score (nSPS) is 37.2. The molecule has 4 heteroatoms. The van der Waals surface area contributed by atoms with Gasteiger partial charge in [0.25, 0.3) is 0 Å². The number of aliphatic hydroxyl groups is 1. The number of nitrogens with one attached hydrogen (secondary N) is 1. The van der Waals surface area contributed by atoms with Crippen LogP contribution in [0.15, 0.2) is 0 Å². The zero-order chi connectivity index (χ0) is 13.0. The van der Waals surface area contributed by atoms with E-state index in [1.807, 2.05) is 0 Å². The van der Waals surface area contributed by atoms with Crippen molar-refractivity contribution in [2.75, 3.05) is 13.2 Å². The second-order valence-corrected chi connectivity index (χ2v) is 5.98. The lowest BCUT2D eigenvalue weighted by Crippen LogP contribution is -2.48. The Hall–Kier alpha value is -0.610. The van der Waals surface area contributed by atoms with Crippen LogP contribution in [0.4, 0.5) is 0 Å². The van der Waals surface area contributed by atoms with Gasteiger partial charge < -0.3 is 15.2 Å². The first-order valence-electron chi connectivity index (χ1n) is 7.21. The number of ether oxygens (including phenoxy) is 1. The molecule has 1 unspecified atom stereocenters. The van der Waals surface area contributed by atoms with Crippen LogP contribution < -0.4 is 5.32 Å². The van der Waals surface area contributed by atoms with Crippen LogP contribution in [-0.2, 0) is 9.53 Å². The Morgan fingerprint density at radius 2 is 2.06 bits per heavy atom. The summed E-state index contributed by atoms with van der Waals surface area (Å²) in [5.41, 5.74) is -0.698. The first-order valence-corrected chi connectivity index (χ1v) is 7.21. The van der Waals surface area contributed by atoms with E-state index in [0.29, 0.717) is 19.1 Å². The third kappa shape index (κ3) is 3.69. The van der Waals surface area contributed by atoms with Crippen LogP contribution in [0.3, 0.4) is 0 Å². The molecule has 2 N–H and O–H groups in total. The van der Waals surface area contributed by atoms with E-state index in [4.69, 9.17) is 4.74 Å². The topological polar surface area (TPSA) is 58.6 Å². The Kier molecular flexibility index (Phi) is 4.62. The van der Waals surface area contributed by atoms with Gasteiger partial charge in [-0.25, -0.2) is 0 Å². The third-order valence-corrected chi connectivity index (χ3v) is 4.27. The zero-order valence-corrected chi connectivity index (χ0v) is 11.3. The summed E-state index contributed by atoms with van der Waals surface area (Å²) in [4.78, 5) is 11.9. The molecule has 0 spiro atoms. The highest BCUT2D eigenvalue weighted by molar-refractivity contribution is 5.80. The average Bonchev–Trinajstić information content (AvgIpc) is 2.41. The summed E-state index contributed by atoms with van der Waals surface area (Å²) >= 11 is 0. The molecule has 1 aliphatic heterocycles. The number of carbonyl (C=O) groups excluding carboxylic acids is 1. The minimum atomic E-state index is -0.698. The molecule has 1 aliphatic carbocycles. The minimum absolute atomic E-state index is 0.0539. The summed E-state index contributed by atoms with van der Waals surface area (Å²) < 4.78 is 5.44. The molecule has 18 heavy (non-hydrogen) atoms. The Morgan fingerprint density at radius 1 is 1.33 bits per heavy atom. The van der Waals surface area contributed by atoms with Gasteiger partial charge in [-0.15, -0.1) is 0 Å². The quantitative estimate of drug-likeness (QED) is 0.805. The van der Waals surface area contributed by atoms with Gasteiger partial charge >= 0.3 is 0 Å². The molecule has 4 nitrogen and oxygen atoms in total. The summed E-state index contributed by atoms with van der Waals surface area (Å²) in [6.45, 7) is 3.27. The van der Waals surface area contributed by atoms with Gasteiger partial charge in [-0.2, -0.15) is 0 Å². The van der Waals surface area contributed by atoms with E-state index in [1.165, 1.54) is 0 Å². The molecule has 1 amide bonds. The van der Waals surface area contributed by atoms with Gasteiger partial charge in [0.05, 0.1) is 5.60 Å². The summed E-state index contributed by atoms with van der Waals surface area (Å²) in [6.07, 6.45) is 6.29. The molecule has 0 bridgehead atoms. The molecule has 1 heterocycles. The molecule has 2 rings (SSSR count). The Balaban J connectivity index is 1.74. The van der Waals surface area contributed by atoms with Gasteiger partial charge in [-0.1, -0.05) is 6.92 Å². The summed E-state index contributed by atoms with van der Waals surface area (Å²) in [5.74, 6) is 0.643. The lowest BCUT2D eigenvalue weighted by atomic mass is 9.79. The predicted octanol–water partition coefficient (Wildman–Crippen LogP) is 1.61. The van der Waals surface area contributed by atoms with E-state index >= 15 is 0 Å². The highest BCUT2D eigenvalue weighted by atomic mass is 16.5. The fraction of sp³-hybridized carbons (Fsp3) is 0.929. The molecule has 1 saturated carbocycles. The van der Waals surface area contributed by atoms with Crippen LogP contribution in [-0.4, -0.2) is 35.9 Å².